The highest BCUT2D eigenvalue weighted by Gasteiger charge is 2.16. The van der Waals surface area contributed by atoms with Crippen LogP contribution < -0.4 is 25.8 Å². The van der Waals surface area contributed by atoms with Gasteiger partial charge in [0.25, 0.3) is 5.91 Å². The van der Waals surface area contributed by atoms with Crippen LogP contribution in [0.1, 0.15) is 13.3 Å². The maximum absolute atomic E-state index is 13.5. The molecule has 4 N–H and O–H groups in total. The number of ether oxygens (including phenoxy) is 1. The number of quaternary nitrogens is 1. The lowest BCUT2D eigenvalue weighted by atomic mass is 10.3. The summed E-state index contributed by atoms with van der Waals surface area (Å²) in [5, 5.41) is 3.31. The molecule has 6 nitrogen and oxygen atoms in total. The lowest BCUT2D eigenvalue weighted by Crippen LogP contribution is -3.05. The zero-order chi connectivity index (χ0) is 17.2. The van der Waals surface area contributed by atoms with E-state index in [-0.39, 0.29) is 5.75 Å². The Labute approximate surface area is 141 Å². The summed E-state index contributed by atoms with van der Waals surface area (Å²) < 4.78 is 18.7. The maximum atomic E-state index is 13.5. The van der Waals surface area contributed by atoms with Crippen LogP contribution >= 0.6 is 12.2 Å². The van der Waals surface area contributed by atoms with Crippen LogP contribution in [-0.4, -0.2) is 44.3 Å². The van der Waals surface area contributed by atoms with Gasteiger partial charge in [0.15, 0.2) is 22.8 Å². The number of nitrogens with one attached hydrogen (secondary N) is 4. The zero-order valence-corrected chi connectivity index (χ0v) is 14.4. The summed E-state index contributed by atoms with van der Waals surface area (Å²) in [6, 6.07) is 5.92. The minimum absolute atomic E-state index is 0.0297. The molecule has 0 aliphatic carbocycles. The third-order valence-corrected chi connectivity index (χ3v) is 3.19. The van der Waals surface area contributed by atoms with Gasteiger partial charge in [0, 0.05) is 13.0 Å². The molecule has 0 unspecified atom stereocenters. The number of rotatable bonds is 7. The van der Waals surface area contributed by atoms with E-state index in [2.05, 4.69) is 30.3 Å². The molecule has 1 aromatic rings. The molecule has 0 fully saturated rings. The van der Waals surface area contributed by atoms with E-state index < -0.39 is 17.8 Å². The van der Waals surface area contributed by atoms with Gasteiger partial charge in [0.1, 0.15) is 0 Å². The predicted molar refractivity (Wildman–Crippen MR) is 90.7 cm³/mol. The van der Waals surface area contributed by atoms with Gasteiger partial charge in [-0.2, -0.15) is 0 Å². The molecular formula is C15H24FN4O2S+. The molecule has 1 amide bonds. The van der Waals surface area contributed by atoms with Crippen LogP contribution in [0.25, 0.3) is 0 Å². The fourth-order valence-electron chi connectivity index (χ4n) is 1.69. The summed E-state index contributed by atoms with van der Waals surface area (Å²) in [7, 11) is 4.15. The van der Waals surface area contributed by atoms with E-state index in [1.54, 1.807) is 12.1 Å². The quantitative estimate of drug-likeness (QED) is 0.309. The summed E-state index contributed by atoms with van der Waals surface area (Å²) in [5.74, 6) is -0.933. The Balaban J connectivity index is 2.27. The Morgan fingerprint density at radius 2 is 2.04 bits per heavy atom. The first kappa shape index (κ1) is 19.1. The Kier molecular flexibility index (Phi) is 8.28. The van der Waals surface area contributed by atoms with Crippen LogP contribution in [0.15, 0.2) is 24.3 Å². The first-order valence-corrected chi connectivity index (χ1v) is 7.85. The number of amides is 1. The molecule has 0 bridgehead atoms. The summed E-state index contributed by atoms with van der Waals surface area (Å²) in [4.78, 5) is 13.2. The number of para-hydroxylation sites is 1. The second kappa shape index (κ2) is 9.96. The second-order valence-electron chi connectivity index (χ2n) is 5.37. The van der Waals surface area contributed by atoms with Crippen molar-refractivity contribution in [3.05, 3.63) is 30.1 Å². The minimum Gasteiger partial charge on any atom is -0.478 e. The highest BCUT2D eigenvalue weighted by atomic mass is 32.1. The average molecular weight is 343 g/mol. The lowest BCUT2D eigenvalue weighted by Gasteiger charge is -2.17. The van der Waals surface area contributed by atoms with Crippen LogP contribution in [0, 0.1) is 5.82 Å². The molecule has 0 saturated heterocycles. The molecule has 128 valence electrons. The molecule has 1 aromatic carbocycles. The van der Waals surface area contributed by atoms with Crippen LogP contribution in [-0.2, 0) is 4.79 Å². The van der Waals surface area contributed by atoms with E-state index in [1.807, 2.05) is 0 Å². The van der Waals surface area contributed by atoms with Gasteiger partial charge in [-0.25, -0.2) is 4.39 Å². The van der Waals surface area contributed by atoms with E-state index in [9.17, 15) is 9.18 Å². The van der Waals surface area contributed by atoms with E-state index >= 15 is 0 Å². The number of carbonyl (C=O) groups is 1. The van der Waals surface area contributed by atoms with Crippen LogP contribution in [0.5, 0.6) is 5.75 Å². The minimum atomic E-state index is -0.862. The van der Waals surface area contributed by atoms with Crippen molar-refractivity contribution in [1.82, 2.24) is 16.2 Å². The summed E-state index contributed by atoms with van der Waals surface area (Å²) in [5.41, 5.74) is 5.02. The number of carbonyl (C=O) groups excluding carboxylic acids is 1. The summed E-state index contributed by atoms with van der Waals surface area (Å²) >= 11 is 5.04. The summed E-state index contributed by atoms with van der Waals surface area (Å²) in [6.45, 7) is 3.27. The first-order valence-electron chi connectivity index (χ1n) is 7.44. The van der Waals surface area contributed by atoms with E-state index in [0.29, 0.717) is 11.7 Å². The van der Waals surface area contributed by atoms with Crippen molar-refractivity contribution in [2.45, 2.75) is 19.4 Å². The second-order valence-corrected chi connectivity index (χ2v) is 5.78. The molecule has 0 spiro atoms. The number of benzene rings is 1. The zero-order valence-electron chi connectivity index (χ0n) is 13.6. The number of thiocarbonyl (C=S) groups is 1. The molecule has 8 heteroatoms. The average Bonchev–Trinajstić information content (AvgIpc) is 2.51. The van der Waals surface area contributed by atoms with Crippen molar-refractivity contribution in [1.29, 1.82) is 0 Å². The molecule has 1 rings (SSSR count). The Morgan fingerprint density at radius 1 is 1.35 bits per heavy atom. The molecule has 0 radical (unpaired) electrons. The van der Waals surface area contributed by atoms with Crippen LogP contribution in [0.4, 0.5) is 4.39 Å². The van der Waals surface area contributed by atoms with Gasteiger partial charge in [-0.05, 0) is 31.3 Å². The molecule has 0 saturated carbocycles. The smallest absolute Gasteiger partial charge is 0.279 e. The number of hydrazine groups is 1. The first-order chi connectivity index (χ1) is 10.9. The largest absolute Gasteiger partial charge is 0.478 e. The standard InChI is InChI=1S/C15H23FN4O2S/c1-11(22-13-8-5-4-7-12(13)16)14(21)18-19-15(23)17-9-6-10-20(2)3/h4-5,7-8,11H,6,9-10H2,1-3H3,(H,18,21)(H2,17,19,23)/p+1/t11-/m0/s1. The van der Waals surface area contributed by atoms with Crippen molar-refractivity contribution in [3.8, 4) is 5.75 Å². The Hall–Kier alpha value is -1.93. The molecule has 0 aliphatic rings. The van der Waals surface area contributed by atoms with Gasteiger partial charge in [-0.1, -0.05) is 12.1 Å². The summed E-state index contributed by atoms with van der Waals surface area (Å²) in [6.07, 6.45) is 0.102. The van der Waals surface area contributed by atoms with Crippen molar-refractivity contribution >= 4 is 23.2 Å². The van der Waals surface area contributed by atoms with Crippen molar-refractivity contribution < 1.29 is 18.8 Å². The SMILES string of the molecule is C[C@H](Oc1ccccc1F)C(=O)NNC(=S)NCCC[NH+](C)C. The van der Waals surface area contributed by atoms with Gasteiger partial charge in [-0.3, -0.25) is 15.6 Å². The van der Waals surface area contributed by atoms with Gasteiger partial charge in [0.2, 0.25) is 0 Å². The van der Waals surface area contributed by atoms with Crippen LogP contribution in [0.3, 0.4) is 0 Å². The third-order valence-electron chi connectivity index (χ3n) is 2.95. The molecule has 0 aliphatic heterocycles. The highest BCUT2D eigenvalue weighted by molar-refractivity contribution is 7.80. The number of hydrogen-bond donors (Lipinski definition) is 4. The normalized spacial score (nSPS) is 11.7. The maximum Gasteiger partial charge on any atom is 0.279 e. The number of halogens is 1. The van der Waals surface area contributed by atoms with Gasteiger partial charge < -0.3 is 15.0 Å². The van der Waals surface area contributed by atoms with Crippen molar-refractivity contribution in [3.63, 3.8) is 0 Å². The van der Waals surface area contributed by atoms with Gasteiger partial charge in [-0.15, -0.1) is 0 Å². The van der Waals surface area contributed by atoms with E-state index in [4.69, 9.17) is 17.0 Å². The number of hydrogen-bond acceptors (Lipinski definition) is 3. The molecule has 0 heterocycles. The monoisotopic (exact) mass is 343 g/mol. The Bertz CT molecular complexity index is 528. The molecule has 23 heavy (non-hydrogen) atoms. The van der Waals surface area contributed by atoms with Gasteiger partial charge in [0.05, 0.1) is 20.6 Å². The molecular weight excluding hydrogens is 319 g/mol. The molecule has 1 atom stereocenters. The van der Waals surface area contributed by atoms with E-state index in [1.165, 1.54) is 24.0 Å². The van der Waals surface area contributed by atoms with Crippen LogP contribution in [0.2, 0.25) is 0 Å². The predicted octanol–water partition coefficient (Wildman–Crippen LogP) is -0.377. The highest BCUT2D eigenvalue weighted by Crippen LogP contribution is 2.16. The Morgan fingerprint density at radius 3 is 2.70 bits per heavy atom. The third kappa shape index (κ3) is 7.75. The lowest BCUT2D eigenvalue weighted by molar-refractivity contribution is -0.858. The van der Waals surface area contributed by atoms with Gasteiger partial charge >= 0.3 is 0 Å². The van der Waals surface area contributed by atoms with Crippen molar-refractivity contribution in [2.24, 2.45) is 0 Å². The fourth-order valence-corrected chi connectivity index (χ4v) is 1.85. The van der Waals surface area contributed by atoms with Crippen molar-refractivity contribution in [2.75, 3.05) is 27.2 Å². The van der Waals surface area contributed by atoms with E-state index in [0.717, 1.165) is 13.0 Å². The topological polar surface area (TPSA) is 66.8 Å². The fraction of sp³-hybridized carbons (Fsp3) is 0.467. The molecule has 0 aromatic heterocycles.